The maximum atomic E-state index is 13.5. The van der Waals surface area contributed by atoms with Gasteiger partial charge in [-0.25, -0.2) is 13.8 Å². The van der Waals surface area contributed by atoms with Crippen molar-refractivity contribution in [1.82, 2.24) is 4.98 Å². The van der Waals surface area contributed by atoms with Gasteiger partial charge in [-0.2, -0.15) is 0 Å². The maximum Gasteiger partial charge on any atom is 0.280 e. The fourth-order valence-corrected chi connectivity index (χ4v) is 5.12. The maximum absolute atomic E-state index is 13.5. The van der Waals surface area contributed by atoms with Crippen LogP contribution in [-0.4, -0.2) is 28.6 Å². The number of anilines is 1. The summed E-state index contributed by atoms with van der Waals surface area (Å²) in [6.07, 6.45) is -2.25. The number of carbonyl (C=O) groups is 2. The van der Waals surface area contributed by atoms with Gasteiger partial charge in [0.1, 0.15) is 21.2 Å². The number of furan rings is 1. The van der Waals surface area contributed by atoms with E-state index in [0.717, 1.165) is 21.4 Å². The molecular formula is C23H15BrF2N4O4S. The number of hydrogen-bond donors (Lipinski definition) is 2. The van der Waals surface area contributed by atoms with Crippen LogP contribution in [0.15, 0.2) is 62.8 Å². The van der Waals surface area contributed by atoms with E-state index in [1.807, 2.05) is 24.3 Å². The number of hydrogen-bond acceptors (Lipinski definition) is 7. The van der Waals surface area contributed by atoms with Gasteiger partial charge in [-0.15, -0.1) is 11.3 Å². The fraction of sp³-hybridized carbons (Fsp3) is 0.130. The Bertz CT molecular complexity index is 1490. The molecule has 178 valence electrons. The van der Waals surface area contributed by atoms with Gasteiger partial charge in [0.2, 0.25) is 6.10 Å². The lowest BCUT2D eigenvalue weighted by Gasteiger charge is -2.12. The normalized spacial score (nSPS) is 15.3. The van der Waals surface area contributed by atoms with Crippen molar-refractivity contribution in [2.75, 3.05) is 5.32 Å². The molecule has 0 fully saturated rings. The number of thiophene rings is 1. The third-order valence-electron chi connectivity index (χ3n) is 5.28. The first kappa shape index (κ1) is 23.1. The van der Waals surface area contributed by atoms with Crippen molar-refractivity contribution in [3.8, 4) is 11.3 Å². The number of nitrogens with zero attached hydrogens (tertiary/aromatic N) is 2. The van der Waals surface area contributed by atoms with Crippen LogP contribution in [0.5, 0.6) is 0 Å². The van der Waals surface area contributed by atoms with Crippen LogP contribution >= 0.6 is 27.3 Å². The highest BCUT2D eigenvalue weighted by Crippen LogP contribution is 2.42. The van der Waals surface area contributed by atoms with Gasteiger partial charge in [0.15, 0.2) is 0 Å². The summed E-state index contributed by atoms with van der Waals surface area (Å²) < 4.78 is 33.3. The molecule has 0 radical (unpaired) electrons. The van der Waals surface area contributed by atoms with Crippen LogP contribution < -0.4 is 11.1 Å². The fourth-order valence-electron chi connectivity index (χ4n) is 3.71. The summed E-state index contributed by atoms with van der Waals surface area (Å²) in [6.45, 7) is 0. The van der Waals surface area contributed by atoms with E-state index in [0.29, 0.717) is 5.71 Å². The van der Waals surface area contributed by atoms with E-state index in [-0.39, 0.29) is 38.5 Å². The number of nitrogens with two attached hydrogens (primary N) is 1. The Kier molecular flexibility index (Phi) is 6.07. The Morgan fingerprint density at radius 3 is 2.74 bits per heavy atom. The SMILES string of the molecule is NC(=O)c1sc2nc(C(F)F)cc(-c3ccco3)c2c1NC(=O)C1CC(c2cccc(Br)c2)=NO1. The minimum Gasteiger partial charge on any atom is -0.464 e. The Morgan fingerprint density at radius 1 is 1.23 bits per heavy atom. The number of benzene rings is 1. The molecule has 1 unspecified atom stereocenters. The van der Waals surface area contributed by atoms with Crippen molar-refractivity contribution < 1.29 is 27.6 Å². The van der Waals surface area contributed by atoms with E-state index in [9.17, 15) is 18.4 Å². The van der Waals surface area contributed by atoms with Gasteiger partial charge in [0.05, 0.1) is 17.7 Å². The van der Waals surface area contributed by atoms with Crippen molar-refractivity contribution in [1.29, 1.82) is 0 Å². The molecule has 3 N–H and O–H groups in total. The van der Waals surface area contributed by atoms with Gasteiger partial charge in [0.25, 0.3) is 18.2 Å². The lowest BCUT2D eigenvalue weighted by Crippen LogP contribution is -2.29. The minimum absolute atomic E-state index is 0.0359. The van der Waals surface area contributed by atoms with Crippen LogP contribution in [0, 0.1) is 0 Å². The first-order chi connectivity index (χ1) is 16.8. The molecule has 12 heteroatoms. The first-order valence-electron chi connectivity index (χ1n) is 10.2. The lowest BCUT2D eigenvalue weighted by atomic mass is 10.0. The van der Waals surface area contributed by atoms with Crippen molar-refractivity contribution >= 4 is 60.7 Å². The highest BCUT2D eigenvalue weighted by atomic mass is 79.9. The molecule has 0 bridgehead atoms. The van der Waals surface area contributed by atoms with Crippen LogP contribution in [0.4, 0.5) is 14.5 Å². The van der Waals surface area contributed by atoms with Crippen LogP contribution in [0.25, 0.3) is 21.5 Å². The standard InChI is InChI=1S/C23H15BrF2N4O4S/c24-11-4-1-3-10(7-11)13-9-16(34-30-13)22(32)29-18-17-12(15-5-2-6-33-15)8-14(20(25)26)28-23(17)35-19(18)21(27)31/h1-8,16,20H,9H2,(H2,27,31)(H,29,32). The van der Waals surface area contributed by atoms with E-state index in [2.05, 4.69) is 31.4 Å². The zero-order valence-electron chi connectivity index (χ0n) is 17.6. The molecule has 4 heterocycles. The molecule has 1 aromatic carbocycles. The summed E-state index contributed by atoms with van der Waals surface area (Å²) >= 11 is 4.20. The first-order valence-corrected chi connectivity index (χ1v) is 11.8. The molecule has 0 aliphatic carbocycles. The number of alkyl halides is 2. The molecule has 8 nitrogen and oxygen atoms in total. The molecule has 0 saturated carbocycles. The van der Waals surface area contributed by atoms with Crippen LogP contribution in [-0.2, 0) is 9.63 Å². The molecule has 2 amide bonds. The van der Waals surface area contributed by atoms with Gasteiger partial charge in [0, 0.05) is 27.4 Å². The zero-order valence-corrected chi connectivity index (χ0v) is 20.0. The highest BCUT2D eigenvalue weighted by Gasteiger charge is 2.32. The molecule has 3 aromatic heterocycles. The quantitative estimate of drug-likeness (QED) is 0.323. The Balaban J connectivity index is 1.52. The van der Waals surface area contributed by atoms with Crippen LogP contribution in [0.2, 0.25) is 0 Å². The third kappa shape index (κ3) is 4.42. The topological polar surface area (TPSA) is 120 Å². The van der Waals surface area contributed by atoms with Crippen LogP contribution in [0.3, 0.4) is 0 Å². The Labute approximate surface area is 208 Å². The van der Waals surface area contributed by atoms with E-state index in [1.165, 1.54) is 12.3 Å². The number of pyridine rings is 1. The molecule has 35 heavy (non-hydrogen) atoms. The number of primary amides is 1. The number of carbonyl (C=O) groups excluding carboxylic acids is 2. The van der Waals surface area contributed by atoms with Gasteiger partial charge >= 0.3 is 0 Å². The summed E-state index contributed by atoms with van der Waals surface area (Å²) in [5.41, 5.74) is 6.72. The van der Waals surface area contributed by atoms with Crippen LogP contribution in [0.1, 0.15) is 33.8 Å². The average Bonchev–Trinajstić information content (AvgIpc) is 3.58. The summed E-state index contributed by atoms with van der Waals surface area (Å²) in [5, 5.41) is 6.97. The molecule has 5 rings (SSSR count). The van der Waals surface area contributed by atoms with E-state index in [4.69, 9.17) is 15.0 Å². The molecule has 0 saturated heterocycles. The van der Waals surface area contributed by atoms with Gasteiger partial charge in [-0.1, -0.05) is 33.2 Å². The van der Waals surface area contributed by atoms with E-state index in [1.54, 1.807) is 12.1 Å². The highest BCUT2D eigenvalue weighted by molar-refractivity contribution is 9.10. The second kappa shape index (κ2) is 9.19. The summed E-state index contributed by atoms with van der Waals surface area (Å²) in [6, 6.07) is 11.7. The molecule has 1 aliphatic heterocycles. The number of halogens is 3. The van der Waals surface area contributed by atoms with E-state index < -0.39 is 30.0 Å². The van der Waals surface area contributed by atoms with Crippen molar-refractivity contribution in [2.45, 2.75) is 19.0 Å². The second-order valence-electron chi connectivity index (χ2n) is 7.56. The van der Waals surface area contributed by atoms with E-state index >= 15 is 0 Å². The monoisotopic (exact) mass is 560 g/mol. The van der Waals surface area contributed by atoms with Crippen molar-refractivity contribution in [3.63, 3.8) is 0 Å². The average molecular weight is 561 g/mol. The van der Waals surface area contributed by atoms with Gasteiger partial charge < -0.3 is 20.3 Å². The number of amides is 2. The Hall–Kier alpha value is -3.64. The molecule has 1 aliphatic rings. The predicted molar refractivity (Wildman–Crippen MR) is 130 cm³/mol. The summed E-state index contributed by atoms with van der Waals surface area (Å²) in [5.74, 6) is -1.16. The van der Waals surface area contributed by atoms with Crippen molar-refractivity contribution in [3.05, 3.63) is 69.3 Å². The third-order valence-corrected chi connectivity index (χ3v) is 6.87. The zero-order chi connectivity index (χ0) is 24.7. The number of fused-ring (bicyclic) bond motifs is 1. The molecule has 0 spiro atoms. The molecular weight excluding hydrogens is 546 g/mol. The van der Waals surface area contributed by atoms with Gasteiger partial charge in [-0.05, 0) is 30.3 Å². The minimum atomic E-state index is -2.86. The number of nitrogens with one attached hydrogen (secondary N) is 1. The number of oxime groups is 1. The largest absolute Gasteiger partial charge is 0.464 e. The van der Waals surface area contributed by atoms with Gasteiger partial charge in [-0.3, -0.25) is 9.59 Å². The second-order valence-corrected chi connectivity index (χ2v) is 9.47. The number of aromatic nitrogens is 1. The molecule has 1 atom stereocenters. The Morgan fingerprint density at radius 2 is 2.06 bits per heavy atom. The summed E-state index contributed by atoms with van der Waals surface area (Å²) in [7, 11) is 0. The summed E-state index contributed by atoms with van der Waals surface area (Å²) in [4.78, 5) is 34.7. The lowest BCUT2D eigenvalue weighted by molar-refractivity contribution is -0.125. The number of rotatable bonds is 6. The van der Waals surface area contributed by atoms with Crippen molar-refractivity contribution in [2.24, 2.45) is 10.9 Å². The molecule has 4 aromatic rings. The predicted octanol–water partition coefficient (Wildman–Crippen LogP) is 5.49. The smallest absolute Gasteiger partial charge is 0.280 e.